The molecule has 112 valence electrons. The number of aromatic nitrogens is 2. The molecule has 2 rings (SSSR count). The van der Waals surface area contributed by atoms with Gasteiger partial charge in [0.25, 0.3) is 5.91 Å². The lowest BCUT2D eigenvalue weighted by molar-refractivity contribution is 0.0939. The number of rotatable bonds is 4. The van der Waals surface area contributed by atoms with Gasteiger partial charge in [0.2, 0.25) is 0 Å². The Hall–Kier alpha value is -2.44. The van der Waals surface area contributed by atoms with Crippen LogP contribution in [0.5, 0.6) is 0 Å². The van der Waals surface area contributed by atoms with Gasteiger partial charge in [0.15, 0.2) is 0 Å². The van der Waals surface area contributed by atoms with E-state index in [1.165, 1.54) is 0 Å². The van der Waals surface area contributed by atoms with Gasteiger partial charge in [-0.2, -0.15) is 0 Å². The summed E-state index contributed by atoms with van der Waals surface area (Å²) in [4.78, 5) is 16.1. The van der Waals surface area contributed by atoms with Crippen LogP contribution < -0.4 is 10.6 Å². The molecule has 2 aromatic rings. The average molecular weight is 292 g/mol. The molecule has 0 saturated heterocycles. The SMILES string of the molecule is CNc1ncc(F)cc1C(=O)NC(C)c1c(C)noc1C. The van der Waals surface area contributed by atoms with Crippen LogP contribution >= 0.6 is 0 Å². The molecule has 0 spiro atoms. The third-order valence-corrected chi connectivity index (χ3v) is 3.20. The van der Waals surface area contributed by atoms with E-state index in [0.29, 0.717) is 17.3 Å². The fraction of sp³-hybridized carbons (Fsp3) is 0.357. The largest absolute Gasteiger partial charge is 0.372 e. The normalized spacial score (nSPS) is 12.0. The minimum absolute atomic E-state index is 0.149. The summed E-state index contributed by atoms with van der Waals surface area (Å²) < 4.78 is 18.4. The fourth-order valence-corrected chi connectivity index (χ4v) is 2.27. The molecule has 2 heterocycles. The number of amides is 1. The molecule has 0 aliphatic carbocycles. The van der Waals surface area contributed by atoms with Crippen LogP contribution in [-0.4, -0.2) is 23.1 Å². The van der Waals surface area contributed by atoms with Crippen LogP contribution in [0.4, 0.5) is 10.2 Å². The first-order chi connectivity index (χ1) is 9.93. The van der Waals surface area contributed by atoms with E-state index in [0.717, 1.165) is 17.8 Å². The Labute approximate surface area is 121 Å². The number of nitrogens with one attached hydrogen (secondary N) is 2. The van der Waals surface area contributed by atoms with E-state index < -0.39 is 11.7 Å². The van der Waals surface area contributed by atoms with Gasteiger partial charge in [-0.3, -0.25) is 4.79 Å². The van der Waals surface area contributed by atoms with Gasteiger partial charge in [0.05, 0.1) is 23.5 Å². The molecule has 2 N–H and O–H groups in total. The Morgan fingerprint density at radius 2 is 2.14 bits per heavy atom. The van der Waals surface area contributed by atoms with Gasteiger partial charge in [-0.1, -0.05) is 5.16 Å². The molecule has 0 bridgehead atoms. The molecule has 0 radical (unpaired) electrons. The Bertz CT molecular complexity index is 649. The topological polar surface area (TPSA) is 80.0 Å². The highest BCUT2D eigenvalue weighted by molar-refractivity contribution is 5.98. The molecule has 1 amide bonds. The van der Waals surface area contributed by atoms with E-state index >= 15 is 0 Å². The van der Waals surface area contributed by atoms with Crippen LogP contribution in [0.1, 0.15) is 40.3 Å². The highest BCUT2D eigenvalue weighted by Crippen LogP contribution is 2.22. The number of anilines is 1. The summed E-state index contributed by atoms with van der Waals surface area (Å²) in [6.45, 7) is 5.40. The van der Waals surface area contributed by atoms with Crippen LogP contribution in [0.3, 0.4) is 0 Å². The highest BCUT2D eigenvalue weighted by Gasteiger charge is 2.21. The molecule has 0 fully saturated rings. The molecule has 7 heteroatoms. The van der Waals surface area contributed by atoms with E-state index in [1.807, 2.05) is 6.92 Å². The van der Waals surface area contributed by atoms with Gasteiger partial charge in [-0.25, -0.2) is 9.37 Å². The zero-order valence-electron chi connectivity index (χ0n) is 12.3. The van der Waals surface area contributed by atoms with Crippen molar-refractivity contribution in [1.29, 1.82) is 0 Å². The van der Waals surface area contributed by atoms with Gasteiger partial charge < -0.3 is 15.2 Å². The van der Waals surface area contributed by atoms with Crippen molar-refractivity contribution in [2.45, 2.75) is 26.8 Å². The Balaban J connectivity index is 2.24. The summed E-state index contributed by atoms with van der Waals surface area (Å²) in [6, 6.07) is 0.838. The average Bonchev–Trinajstić information content (AvgIpc) is 2.78. The maximum absolute atomic E-state index is 13.3. The summed E-state index contributed by atoms with van der Waals surface area (Å²) in [7, 11) is 1.62. The van der Waals surface area contributed by atoms with Crippen molar-refractivity contribution in [3.05, 3.63) is 40.7 Å². The van der Waals surface area contributed by atoms with Gasteiger partial charge >= 0.3 is 0 Å². The molecule has 0 saturated carbocycles. The van der Waals surface area contributed by atoms with Gasteiger partial charge in [0.1, 0.15) is 17.4 Å². The predicted molar refractivity (Wildman–Crippen MR) is 75.6 cm³/mol. The van der Waals surface area contributed by atoms with E-state index in [-0.39, 0.29) is 11.6 Å². The summed E-state index contributed by atoms with van der Waals surface area (Å²) in [5.74, 6) is -0.0191. The second-order valence-corrected chi connectivity index (χ2v) is 4.73. The Morgan fingerprint density at radius 3 is 2.71 bits per heavy atom. The van der Waals surface area contributed by atoms with Gasteiger partial charge in [0, 0.05) is 12.6 Å². The van der Waals surface area contributed by atoms with Crippen molar-refractivity contribution in [3.63, 3.8) is 0 Å². The molecule has 6 nitrogen and oxygen atoms in total. The second-order valence-electron chi connectivity index (χ2n) is 4.73. The van der Waals surface area contributed by atoms with E-state index in [2.05, 4.69) is 20.8 Å². The monoisotopic (exact) mass is 292 g/mol. The maximum atomic E-state index is 13.3. The van der Waals surface area contributed by atoms with Crippen molar-refractivity contribution in [1.82, 2.24) is 15.5 Å². The molecule has 0 aromatic carbocycles. The van der Waals surface area contributed by atoms with Crippen LogP contribution in [0, 0.1) is 19.7 Å². The molecule has 2 aromatic heterocycles. The van der Waals surface area contributed by atoms with Crippen molar-refractivity contribution >= 4 is 11.7 Å². The molecule has 0 aliphatic rings. The van der Waals surface area contributed by atoms with Crippen molar-refractivity contribution in [3.8, 4) is 0 Å². The summed E-state index contributed by atoms with van der Waals surface area (Å²) >= 11 is 0. The summed E-state index contributed by atoms with van der Waals surface area (Å²) in [5, 5.41) is 9.42. The number of nitrogens with zero attached hydrogens (tertiary/aromatic N) is 2. The zero-order valence-corrected chi connectivity index (χ0v) is 12.3. The lowest BCUT2D eigenvalue weighted by Gasteiger charge is -2.15. The molecular formula is C14H17FN4O2. The quantitative estimate of drug-likeness (QED) is 0.904. The van der Waals surface area contributed by atoms with Crippen LogP contribution in [0.2, 0.25) is 0 Å². The molecule has 1 atom stereocenters. The molecule has 21 heavy (non-hydrogen) atoms. The standard InChI is InChI=1S/C14H17FN4O2/c1-7(12-8(2)19-21-9(12)3)18-14(20)11-5-10(15)6-17-13(11)16-4/h5-7H,1-4H3,(H,16,17)(H,18,20). The smallest absolute Gasteiger partial charge is 0.255 e. The first-order valence-corrected chi connectivity index (χ1v) is 6.51. The number of carbonyl (C=O) groups is 1. The van der Waals surface area contributed by atoms with Gasteiger partial charge in [-0.05, 0) is 26.8 Å². The van der Waals surface area contributed by atoms with E-state index in [1.54, 1.807) is 20.9 Å². The van der Waals surface area contributed by atoms with Crippen LogP contribution in [-0.2, 0) is 0 Å². The zero-order chi connectivity index (χ0) is 15.6. The maximum Gasteiger partial charge on any atom is 0.255 e. The number of carbonyl (C=O) groups excluding carboxylic acids is 1. The fourth-order valence-electron chi connectivity index (χ4n) is 2.27. The minimum atomic E-state index is -0.566. The Morgan fingerprint density at radius 1 is 1.43 bits per heavy atom. The van der Waals surface area contributed by atoms with Crippen LogP contribution in [0.15, 0.2) is 16.8 Å². The molecule has 1 unspecified atom stereocenters. The summed E-state index contributed by atoms with van der Waals surface area (Å²) in [5.41, 5.74) is 1.68. The summed E-state index contributed by atoms with van der Waals surface area (Å²) in [6.07, 6.45) is 1.06. The first-order valence-electron chi connectivity index (χ1n) is 6.51. The third kappa shape index (κ3) is 3.01. The number of hydrogen-bond acceptors (Lipinski definition) is 5. The first kappa shape index (κ1) is 15.0. The lowest BCUT2D eigenvalue weighted by Crippen LogP contribution is -2.28. The van der Waals surface area contributed by atoms with Crippen molar-refractivity contribution in [2.75, 3.05) is 12.4 Å². The molecule has 0 aliphatic heterocycles. The number of hydrogen-bond donors (Lipinski definition) is 2. The second kappa shape index (κ2) is 5.90. The van der Waals surface area contributed by atoms with Crippen molar-refractivity contribution in [2.24, 2.45) is 0 Å². The van der Waals surface area contributed by atoms with Crippen molar-refractivity contribution < 1.29 is 13.7 Å². The third-order valence-electron chi connectivity index (χ3n) is 3.20. The van der Waals surface area contributed by atoms with E-state index in [4.69, 9.17) is 4.52 Å². The predicted octanol–water partition coefficient (Wildman–Crippen LogP) is 2.36. The number of halogens is 1. The van der Waals surface area contributed by atoms with E-state index in [9.17, 15) is 9.18 Å². The van der Waals surface area contributed by atoms with Crippen LogP contribution in [0.25, 0.3) is 0 Å². The minimum Gasteiger partial charge on any atom is -0.372 e. The van der Waals surface area contributed by atoms with Gasteiger partial charge in [-0.15, -0.1) is 0 Å². The number of pyridine rings is 1. The highest BCUT2D eigenvalue weighted by atomic mass is 19.1. The Kier molecular flexibility index (Phi) is 4.21. The lowest BCUT2D eigenvalue weighted by atomic mass is 10.1. The number of aryl methyl sites for hydroxylation is 2. The molecular weight excluding hydrogens is 275 g/mol.